The average molecular weight is 473 g/mol. The van der Waals surface area contributed by atoms with E-state index >= 15 is 0 Å². The zero-order valence-corrected chi connectivity index (χ0v) is 20.6. The highest BCUT2D eigenvalue weighted by atomic mass is 16.5. The highest BCUT2D eigenvalue weighted by molar-refractivity contribution is 5.95. The van der Waals surface area contributed by atoms with Gasteiger partial charge in [0.2, 0.25) is 0 Å². The first-order chi connectivity index (χ1) is 16.2. The van der Waals surface area contributed by atoms with Gasteiger partial charge in [-0.1, -0.05) is 0 Å². The fourth-order valence-electron chi connectivity index (χ4n) is 5.14. The Hall–Kier alpha value is -2.90. The van der Waals surface area contributed by atoms with Gasteiger partial charge in [0, 0.05) is 24.2 Å². The minimum atomic E-state index is -0.631. The lowest BCUT2D eigenvalue weighted by Crippen LogP contribution is -2.49. The second kappa shape index (κ2) is 11.5. The average Bonchev–Trinajstić information content (AvgIpc) is 2.81. The molecule has 0 aliphatic carbocycles. The van der Waals surface area contributed by atoms with E-state index in [4.69, 9.17) is 9.47 Å². The SMILES string of the molecule is CC1CCCC(C)N1C(=O)COC(=O)c1ccc(C(=O)OCC(=O)N2C(C)CCCC2C)cc1. The topological polar surface area (TPSA) is 93.2 Å². The van der Waals surface area contributed by atoms with Crippen molar-refractivity contribution in [2.24, 2.45) is 0 Å². The van der Waals surface area contributed by atoms with Crippen LogP contribution in [-0.2, 0) is 19.1 Å². The normalized spacial score (nSPS) is 24.9. The minimum Gasteiger partial charge on any atom is -0.452 e. The predicted molar refractivity (Wildman–Crippen MR) is 126 cm³/mol. The van der Waals surface area contributed by atoms with Gasteiger partial charge in [0.05, 0.1) is 11.1 Å². The molecule has 0 radical (unpaired) electrons. The molecule has 4 unspecified atom stereocenters. The molecule has 4 atom stereocenters. The summed E-state index contributed by atoms with van der Waals surface area (Å²) in [5.41, 5.74) is 0.465. The lowest BCUT2D eigenvalue weighted by atomic mass is 9.97. The third-order valence-electron chi connectivity index (χ3n) is 6.97. The number of likely N-dealkylation sites (tertiary alicyclic amines) is 2. The van der Waals surface area contributed by atoms with Crippen LogP contribution in [0.3, 0.4) is 0 Å². The number of esters is 2. The quantitative estimate of drug-likeness (QED) is 0.588. The third kappa shape index (κ3) is 6.15. The summed E-state index contributed by atoms with van der Waals surface area (Å²) in [7, 11) is 0. The monoisotopic (exact) mass is 472 g/mol. The maximum Gasteiger partial charge on any atom is 0.338 e. The highest BCUT2D eigenvalue weighted by Gasteiger charge is 2.30. The molecule has 186 valence electrons. The van der Waals surface area contributed by atoms with E-state index in [9.17, 15) is 19.2 Å². The summed E-state index contributed by atoms with van der Waals surface area (Å²) in [6.07, 6.45) is 5.97. The lowest BCUT2D eigenvalue weighted by Gasteiger charge is -2.38. The van der Waals surface area contributed by atoms with Crippen molar-refractivity contribution >= 4 is 23.8 Å². The van der Waals surface area contributed by atoms with E-state index in [1.165, 1.54) is 24.3 Å². The molecule has 1 aromatic carbocycles. The van der Waals surface area contributed by atoms with Gasteiger partial charge in [0.15, 0.2) is 13.2 Å². The highest BCUT2D eigenvalue weighted by Crippen LogP contribution is 2.23. The number of carbonyl (C=O) groups is 4. The molecule has 0 N–H and O–H groups in total. The number of piperidine rings is 2. The molecule has 2 saturated heterocycles. The number of carbonyl (C=O) groups excluding carboxylic acids is 4. The van der Waals surface area contributed by atoms with Crippen LogP contribution < -0.4 is 0 Å². The van der Waals surface area contributed by atoms with E-state index in [-0.39, 0.29) is 60.3 Å². The van der Waals surface area contributed by atoms with E-state index < -0.39 is 11.9 Å². The maximum absolute atomic E-state index is 12.5. The van der Waals surface area contributed by atoms with Gasteiger partial charge in [-0.05, 0) is 90.5 Å². The van der Waals surface area contributed by atoms with E-state index in [2.05, 4.69) is 0 Å². The second-order valence-corrected chi connectivity index (χ2v) is 9.59. The van der Waals surface area contributed by atoms with Crippen molar-refractivity contribution in [3.05, 3.63) is 35.4 Å². The molecule has 8 nitrogen and oxygen atoms in total. The third-order valence-corrected chi connectivity index (χ3v) is 6.97. The van der Waals surface area contributed by atoms with Crippen molar-refractivity contribution in [2.45, 2.75) is 90.4 Å². The van der Waals surface area contributed by atoms with Crippen molar-refractivity contribution in [2.75, 3.05) is 13.2 Å². The molecule has 1 aromatic rings. The van der Waals surface area contributed by atoms with Crippen LogP contribution in [0.1, 0.15) is 86.9 Å². The fraction of sp³-hybridized carbons (Fsp3) is 0.615. The number of hydrogen-bond acceptors (Lipinski definition) is 6. The number of amides is 2. The van der Waals surface area contributed by atoms with Crippen molar-refractivity contribution < 1.29 is 28.7 Å². The van der Waals surface area contributed by atoms with Crippen LogP contribution in [0.5, 0.6) is 0 Å². The van der Waals surface area contributed by atoms with Crippen LogP contribution in [0.15, 0.2) is 24.3 Å². The first-order valence-corrected chi connectivity index (χ1v) is 12.3. The Bertz CT molecular complexity index is 806. The Labute approximate surface area is 201 Å². The van der Waals surface area contributed by atoms with E-state index in [1.807, 2.05) is 27.7 Å². The summed E-state index contributed by atoms with van der Waals surface area (Å²) in [5, 5.41) is 0. The van der Waals surface area contributed by atoms with Crippen LogP contribution in [0.2, 0.25) is 0 Å². The van der Waals surface area contributed by atoms with Gasteiger partial charge in [0.1, 0.15) is 0 Å². The van der Waals surface area contributed by atoms with Gasteiger partial charge in [-0.3, -0.25) is 9.59 Å². The van der Waals surface area contributed by atoms with Crippen LogP contribution in [0, 0.1) is 0 Å². The molecule has 0 aromatic heterocycles. The Morgan fingerprint density at radius 1 is 0.647 bits per heavy atom. The van der Waals surface area contributed by atoms with E-state index in [0.717, 1.165) is 38.5 Å². The molecule has 2 amide bonds. The number of rotatable bonds is 6. The van der Waals surface area contributed by atoms with Gasteiger partial charge in [0.25, 0.3) is 11.8 Å². The second-order valence-electron chi connectivity index (χ2n) is 9.59. The molecule has 2 fully saturated rings. The molecular formula is C26H36N2O6. The van der Waals surface area contributed by atoms with Gasteiger partial charge in [-0.2, -0.15) is 0 Å². The molecular weight excluding hydrogens is 436 g/mol. The van der Waals surface area contributed by atoms with Crippen LogP contribution in [0.25, 0.3) is 0 Å². The first kappa shape index (κ1) is 25.7. The Morgan fingerprint density at radius 2 is 0.941 bits per heavy atom. The summed E-state index contributed by atoms with van der Waals surface area (Å²) < 4.78 is 10.4. The van der Waals surface area contributed by atoms with Crippen molar-refractivity contribution in [1.29, 1.82) is 0 Å². The zero-order valence-electron chi connectivity index (χ0n) is 20.6. The molecule has 0 spiro atoms. The van der Waals surface area contributed by atoms with Gasteiger partial charge < -0.3 is 19.3 Å². The summed E-state index contributed by atoms with van der Waals surface area (Å²) in [6.45, 7) is 7.41. The lowest BCUT2D eigenvalue weighted by molar-refractivity contribution is -0.141. The smallest absolute Gasteiger partial charge is 0.338 e. The first-order valence-electron chi connectivity index (χ1n) is 12.3. The zero-order chi connectivity index (χ0) is 24.8. The predicted octanol–water partition coefficient (Wildman–Crippen LogP) is 3.58. The molecule has 0 saturated carbocycles. The molecule has 3 rings (SSSR count). The molecule has 2 aliphatic rings. The van der Waals surface area contributed by atoms with Crippen LogP contribution >= 0.6 is 0 Å². The summed E-state index contributed by atoms with van der Waals surface area (Å²) >= 11 is 0. The van der Waals surface area contributed by atoms with Crippen molar-refractivity contribution in [3.63, 3.8) is 0 Å². The fourth-order valence-corrected chi connectivity index (χ4v) is 5.14. The molecule has 2 heterocycles. The largest absolute Gasteiger partial charge is 0.452 e. The Morgan fingerprint density at radius 3 is 1.24 bits per heavy atom. The maximum atomic E-state index is 12.5. The minimum absolute atomic E-state index is 0.133. The number of hydrogen-bond donors (Lipinski definition) is 0. The van der Waals surface area contributed by atoms with E-state index in [1.54, 1.807) is 9.80 Å². The summed E-state index contributed by atoms with van der Waals surface area (Å²) in [6, 6.07) is 6.33. The summed E-state index contributed by atoms with van der Waals surface area (Å²) in [4.78, 5) is 53.4. The van der Waals surface area contributed by atoms with Gasteiger partial charge in [-0.15, -0.1) is 0 Å². The molecule has 0 bridgehead atoms. The van der Waals surface area contributed by atoms with E-state index in [0.29, 0.717) is 0 Å². The van der Waals surface area contributed by atoms with Crippen molar-refractivity contribution in [1.82, 2.24) is 9.80 Å². The van der Waals surface area contributed by atoms with Crippen LogP contribution in [-0.4, -0.2) is 70.9 Å². The van der Waals surface area contributed by atoms with Gasteiger partial charge >= 0.3 is 11.9 Å². The summed E-state index contributed by atoms with van der Waals surface area (Å²) in [5.74, 6) is -1.66. The van der Waals surface area contributed by atoms with Gasteiger partial charge in [-0.25, -0.2) is 9.59 Å². The molecule has 34 heavy (non-hydrogen) atoms. The molecule has 8 heteroatoms. The van der Waals surface area contributed by atoms with Crippen molar-refractivity contribution in [3.8, 4) is 0 Å². The number of nitrogens with zero attached hydrogens (tertiary/aromatic N) is 2. The Balaban J connectivity index is 1.49. The Kier molecular flexibility index (Phi) is 8.69. The number of ether oxygens (including phenoxy) is 2. The van der Waals surface area contributed by atoms with Crippen LogP contribution in [0.4, 0.5) is 0 Å². The standard InChI is InChI=1S/C26H36N2O6/c1-17-7-5-8-18(2)27(17)23(29)15-33-25(31)21-11-13-22(14-12-21)26(32)34-16-24(30)28-19(3)9-6-10-20(28)4/h11-14,17-20H,5-10,15-16H2,1-4H3. The number of benzene rings is 1. The molecule has 2 aliphatic heterocycles.